The van der Waals surface area contributed by atoms with Crippen molar-refractivity contribution in [3.8, 4) is 17.0 Å². The van der Waals surface area contributed by atoms with E-state index in [1.54, 1.807) is 38.2 Å². The van der Waals surface area contributed by atoms with Gasteiger partial charge in [0.2, 0.25) is 5.95 Å². The number of anilines is 3. The summed E-state index contributed by atoms with van der Waals surface area (Å²) >= 11 is 0. The lowest BCUT2D eigenvalue weighted by molar-refractivity contribution is -0.274. The number of aromatic nitrogens is 2. The zero-order chi connectivity index (χ0) is 20.3. The van der Waals surface area contributed by atoms with Gasteiger partial charge in [0.05, 0.1) is 5.69 Å². The molecular weight excluding hydrogens is 376 g/mol. The molecule has 3 aromatic rings. The van der Waals surface area contributed by atoms with Crippen molar-refractivity contribution in [2.45, 2.75) is 13.3 Å². The lowest BCUT2D eigenvalue weighted by atomic mass is 10.1. The molecule has 2 N–H and O–H groups in total. The van der Waals surface area contributed by atoms with Crippen LogP contribution in [0.5, 0.6) is 5.75 Å². The number of hydrogen-bond acceptors (Lipinski definition) is 5. The van der Waals surface area contributed by atoms with Crippen LogP contribution in [0.15, 0.2) is 48.5 Å². The Labute approximate surface area is 158 Å². The molecule has 3 rings (SSSR count). The summed E-state index contributed by atoms with van der Waals surface area (Å²) in [4.78, 5) is 8.54. The van der Waals surface area contributed by atoms with Crippen LogP contribution >= 0.6 is 0 Å². The van der Waals surface area contributed by atoms with Crippen LogP contribution in [0.4, 0.5) is 35.0 Å². The minimum absolute atomic E-state index is 0.265. The number of hydrogen-bond donors (Lipinski definition) is 2. The second-order valence-electron chi connectivity index (χ2n) is 5.88. The van der Waals surface area contributed by atoms with E-state index in [1.165, 1.54) is 24.3 Å². The van der Waals surface area contributed by atoms with Crippen LogP contribution in [-0.2, 0) is 0 Å². The first kappa shape index (κ1) is 19.4. The molecule has 2 aromatic carbocycles. The fraction of sp³-hybridized carbons (Fsp3) is 0.158. The second-order valence-corrected chi connectivity index (χ2v) is 5.88. The van der Waals surface area contributed by atoms with Gasteiger partial charge in [0, 0.05) is 24.4 Å². The Balaban J connectivity index is 1.95. The summed E-state index contributed by atoms with van der Waals surface area (Å²) in [5.74, 6) is -0.0203. The fourth-order valence-electron chi connectivity index (χ4n) is 2.49. The monoisotopic (exact) mass is 392 g/mol. The molecule has 5 nitrogen and oxygen atoms in total. The topological polar surface area (TPSA) is 59.1 Å². The maximum Gasteiger partial charge on any atom is 0.573 e. The minimum Gasteiger partial charge on any atom is -0.406 e. The van der Waals surface area contributed by atoms with E-state index in [1.807, 2.05) is 0 Å². The quantitative estimate of drug-likeness (QED) is 0.579. The van der Waals surface area contributed by atoms with Gasteiger partial charge in [-0.2, -0.15) is 4.98 Å². The third kappa shape index (κ3) is 4.87. The molecule has 0 bridgehead atoms. The van der Waals surface area contributed by atoms with E-state index in [2.05, 4.69) is 25.3 Å². The van der Waals surface area contributed by atoms with E-state index in [0.29, 0.717) is 28.3 Å². The molecule has 1 heterocycles. The van der Waals surface area contributed by atoms with Gasteiger partial charge >= 0.3 is 6.36 Å². The minimum atomic E-state index is -4.78. The molecule has 0 saturated heterocycles. The maximum absolute atomic E-state index is 13.4. The van der Waals surface area contributed by atoms with Crippen LogP contribution in [0.2, 0.25) is 0 Å². The molecular formula is C19H16F4N4O. The van der Waals surface area contributed by atoms with E-state index in [0.717, 1.165) is 0 Å². The summed E-state index contributed by atoms with van der Waals surface area (Å²) in [6.07, 6.45) is -4.78. The first-order valence-corrected chi connectivity index (χ1v) is 8.20. The molecule has 1 aromatic heterocycles. The van der Waals surface area contributed by atoms with Crippen molar-refractivity contribution in [3.05, 3.63) is 59.9 Å². The summed E-state index contributed by atoms with van der Waals surface area (Å²) in [5, 5.41) is 5.84. The lowest BCUT2D eigenvalue weighted by Gasteiger charge is -2.12. The van der Waals surface area contributed by atoms with E-state index < -0.39 is 6.36 Å². The fourth-order valence-corrected chi connectivity index (χ4v) is 2.49. The molecule has 0 saturated carbocycles. The number of ether oxygens (including phenoxy) is 1. The average Bonchev–Trinajstić information content (AvgIpc) is 2.63. The Kier molecular flexibility index (Phi) is 5.34. The molecule has 9 heteroatoms. The van der Waals surface area contributed by atoms with Gasteiger partial charge in [0.1, 0.15) is 17.4 Å². The molecule has 0 unspecified atom stereocenters. The standard InChI is InChI=1S/C19H16F4N4O/c1-11-8-13(6-7-15(11)20)25-17-10-16(26-18(24-2)27-17)12-4-3-5-14(9-12)28-19(21,22)23/h3-10H,1-2H3,(H2,24,25,26,27). The zero-order valence-corrected chi connectivity index (χ0v) is 14.9. The van der Waals surface area contributed by atoms with Gasteiger partial charge in [-0.15, -0.1) is 13.2 Å². The molecule has 28 heavy (non-hydrogen) atoms. The van der Waals surface area contributed by atoms with Gasteiger partial charge in [0.15, 0.2) is 0 Å². The van der Waals surface area contributed by atoms with E-state index in [4.69, 9.17) is 0 Å². The number of benzene rings is 2. The number of halogens is 4. The van der Waals surface area contributed by atoms with Crippen LogP contribution in [-0.4, -0.2) is 23.4 Å². The van der Waals surface area contributed by atoms with Crippen LogP contribution in [0.3, 0.4) is 0 Å². The van der Waals surface area contributed by atoms with Crippen LogP contribution < -0.4 is 15.4 Å². The Morgan fingerprint density at radius 3 is 2.46 bits per heavy atom. The summed E-state index contributed by atoms with van der Waals surface area (Å²) < 4.78 is 54.8. The smallest absolute Gasteiger partial charge is 0.406 e. The van der Waals surface area contributed by atoms with Gasteiger partial charge in [0.25, 0.3) is 0 Å². The molecule has 0 radical (unpaired) electrons. The highest BCUT2D eigenvalue weighted by Gasteiger charge is 2.31. The molecule has 146 valence electrons. The molecule has 0 aliphatic heterocycles. The predicted octanol–water partition coefficient (Wildman–Crippen LogP) is 5.28. The number of nitrogens with one attached hydrogen (secondary N) is 2. The normalized spacial score (nSPS) is 11.2. The van der Waals surface area contributed by atoms with E-state index in [9.17, 15) is 17.6 Å². The van der Waals surface area contributed by atoms with Crippen molar-refractivity contribution in [2.75, 3.05) is 17.7 Å². The van der Waals surface area contributed by atoms with Gasteiger partial charge < -0.3 is 15.4 Å². The summed E-state index contributed by atoms with van der Waals surface area (Å²) in [6.45, 7) is 1.64. The first-order valence-electron chi connectivity index (χ1n) is 8.20. The first-order chi connectivity index (χ1) is 13.2. The highest BCUT2D eigenvalue weighted by molar-refractivity contribution is 5.68. The average molecular weight is 392 g/mol. The molecule has 0 aliphatic rings. The third-order valence-electron chi connectivity index (χ3n) is 3.74. The maximum atomic E-state index is 13.4. The van der Waals surface area contributed by atoms with Crippen LogP contribution in [0.1, 0.15) is 5.56 Å². The Hall–Kier alpha value is -3.36. The largest absolute Gasteiger partial charge is 0.573 e. The van der Waals surface area contributed by atoms with E-state index >= 15 is 0 Å². The van der Waals surface area contributed by atoms with Gasteiger partial charge in [-0.1, -0.05) is 12.1 Å². The lowest BCUT2D eigenvalue weighted by Crippen LogP contribution is -2.17. The van der Waals surface area contributed by atoms with E-state index in [-0.39, 0.29) is 17.5 Å². The Bertz CT molecular complexity index is 992. The number of nitrogens with zero attached hydrogens (tertiary/aromatic N) is 2. The summed E-state index contributed by atoms with van der Waals surface area (Å²) in [5.41, 5.74) is 1.87. The molecule has 0 fully saturated rings. The molecule has 0 amide bonds. The second kappa shape index (κ2) is 7.71. The summed E-state index contributed by atoms with van der Waals surface area (Å²) in [7, 11) is 1.62. The van der Waals surface area contributed by atoms with Crippen LogP contribution in [0.25, 0.3) is 11.3 Å². The number of rotatable bonds is 5. The van der Waals surface area contributed by atoms with Crippen molar-refractivity contribution < 1.29 is 22.3 Å². The number of aryl methyl sites for hydroxylation is 1. The summed E-state index contributed by atoms with van der Waals surface area (Å²) in [6, 6.07) is 11.6. The molecule has 0 spiro atoms. The Morgan fingerprint density at radius 2 is 1.79 bits per heavy atom. The zero-order valence-electron chi connectivity index (χ0n) is 14.9. The molecule has 0 atom stereocenters. The van der Waals surface area contributed by atoms with Crippen molar-refractivity contribution in [1.82, 2.24) is 9.97 Å². The van der Waals surface area contributed by atoms with Gasteiger partial charge in [-0.3, -0.25) is 0 Å². The predicted molar refractivity (Wildman–Crippen MR) is 98.1 cm³/mol. The van der Waals surface area contributed by atoms with Crippen molar-refractivity contribution in [2.24, 2.45) is 0 Å². The highest BCUT2D eigenvalue weighted by Crippen LogP contribution is 2.29. The third-order valence-corrected chi connectivity index (χ3v) is 3.74. The SMILES string of the molecule is CNc1nc(Nc2ccc(F)c(C)c2)cc(-c2cccc(OC(F)(F)F)c2)n1. The van der Waals surface area contributed by atoms with Crippen molar-refractivity contribution in [3.63, 3.8) is 0 Å². The van der Waals surface area contributed by atoms with Crippen molar-refractivity contribution in [1.29, 1.82) is 0 Å². The van der Waals surface area contributed by atoms with Gasteiger partial charge in [-0.05, 0) is 42.8 Å². The Morgan fingerprint density at radius 1 is 1.00 bits per heavy atom. The van der Waals surface area contributed by atoms with Crippen LogP contribution in [0, 0.1) is 12.7 Å². The number of alkyl halides is 3. The van der Waals surface area contributed by atoms with Crippen molar-refractivity contribution >= 4 is 17.5 Å². The van der Waals surface area contributed by atoms with Gasteiger partial charge in [-0.25, -0.2) is 9.37 Å². The highest BCUT2D eigenvalue weighted by atomic mass is 19.4. The molecule has 0 aliphatic carbocycles.